The smallest absolute Gasteiger partial charge is 0.351 e. The maximum absolute atomic E-state index is 11.9. The summed E-state index contributed by atoms with van der Waals surface area (Å²) in [7, 11) is -16.6. The van der Waals surface area contributed by atoms with Gasteiger partial charge in [0, 0.05) is 6.20 Å². The molecule has 1 aliphatic rings. The zero-order valence-electron chi connectivity index (χ0n) is 13.9. The molecule has 20 heteroatoms. The molecule has 166 valence electrons. The first-order valence-corrected chi connectivity index (χ1v) is 11.8. The van der Waals surface area contributed by atoms with E-state index < -0.39 is 60.2 Å². The number of anilines is 1. The number of phosphoric ester groups is 2. The van der Waals surface area contributed by atoms with Crippen LogP contribution in [0.5, 0.6) is 0 Å². The van der Waals surface area contributed by atoms with E-state index in [1.54, 1.807) is 0 Å². The van der Waals surface area contributed by atoms with Gasteiger partial charge in [-0.05, 0) is 6.07 Å². The largest absolute Gasteiger partial charge is 0.790 e. The second-order valence-corrected chi connectivity index (χ2v) is 9.47. The molecule has 0 bridgehead atoms. The van der Waals surface area contributed by atoms with Crippen LogP contribution in [0.3, 0.4) is 0 Å². The lowest BCUT2D eigenvalue weighted by atomic mass is 10.1. The fourth-order valence-electron chi connectivity index (χ4n) is 2.31. The summed E-state index contributed by atoms with van der Waals surface area (Å²) < 4.78 is 50.8. The molecule has 1 aliphatic heterocycles. The Morgan fingerprint density at radius 3 is 2.41 bits per heavy atom. The highest BCUT2D eigenvalue weighted by molar-refractivity contribution is 7.61. The number of ether oxygens (including phenoxy) is 1. The number of nitrogen functional groups attached to an aromatic ring is 1. The number of rotatable bonds is 8. The summed E-state index contributed by atoms with van der Waals surface area (Å²) in [6.07, 6.45) is -6.54. The van der Waals surface area contributed by atoms with E-state index in [9.17, 15) is 43.2 Å². The van der Waals surface area contributed by atoms with Crippen LogP contribution in [0.1, 0.15) is 6.23 Å². The Morgan fingerprint density at radius 2 is 1.90 bits per heavy atom. The van der Waals surface area contributed by atoms with Crippen LogP contribution in [0.25, 0.3) is 0 Å². The Labute approximate surface area is 161 Å². The van der Waals surface area contributed by atoms with Crippen LogP contribution in [0.2, 0.25) is 0 Å². The van der Waals surface area contributed by atoms with Crippen molar-refractivity contribution in [3.8, 4) is 0 Å². The second kappa shape index (κ2) is 8.61. The molecule has 0 aliphatic carbocycles. The number of aliphatic hydroxyl groups is 1. The van der Waals surface area contributed by atoms with E-state index in [1.807, 2.05) is 0 Å². The summed E-state index contributed by atoms with van der Waals surface area (Å²) in [4.78, 5) is 59.2. The minimum atomic E-state index is -5.74. The average molecular weight is 478 g/mol. The van der Waals surface area contributed by atoms with E-state index in [1.165, 1.54) is 0 Å². The summed E-state index contributed by atoms with van der Waals surface area (Å²) in [6.45, 7) is -1.18. The van der Waals surface area contributed by atoms with E-state index in [4.69, 9.17) is 10.5 Å². The van der Waals surface area contributed by atoms with Gasteiger partial charge in [0.25, 0.3) is 7.82 Å². The van der Waals surface area contributed by atoms with Crippen molar-refractivity contribution < 1.29 is 56.5 Å². The number of hydrogen-bond acceptors (Lipinski definition) is 15. The SMILES string of the molecule is Nc1ccn([C@@H]2O[C@H](COP(=O)([O-])OP(N)(=O)[O-])[C@@H](OP(=O)([O-])[O-])[C@H]2O)c(=O)n1. The second-order valence-electron chi connectivity index (χ2n) is 5.48. The lowest BCUT2D eigenvalue weighted by Gasteiger charge is -2.35. The summed E-state index contributed by atoms with van der Waals surface area (Å²) in [5.41, 5.74) is 8.69. The standard InChI is InChI=1S/C9H17N4O13P3/c10-5-1-2-13(9(15)12-5)8-6(14)7(25-28(18,19)20)4(24-8)3-23-29(21,22)26-27(11,16)17/h1-2,4,6-8,14H,3H2,(H,21,22)(H2,10,12,15)(H3,11,16,17)(H2,18,19,20)/p-4/t4-,6-,7-,8-/m1/s1. The lowest BCUT2D eigenvalue weighted by molar-refractivity contribution is -0.347. The summed E-state index contributed by atoms with van der Waals surface area (Å²) in [5.74, 6) is -0.191. The minimum absolute atomic E-state index is 0.191. The molecular formula is C9H13N4O13P3-4. The van der Waals surface area contributed by atoms with Crippen LogP contribution in [-0.2, 0) is 31.8 Å². The predicted molar refractivity (Wildman–Crippen MR) is 81.7 cm³/mol. The molecule has 1 saturated heterocycles. The van der Waals surface area contributed by atoms with Crippen LogP contribution in [0, 0.1) is 0 Å². The zero-order valence-corrected chi connectivity index (χ0v) is 16.6. The Hall–Kier alpha value is -1.03. The van der Waals surface area contributed by atoms with Crippen molar-refractivity contribution in [2.24, 2.45) is 5.50 Å². The summed E-state index contributed by atoms with van der Waals surface area (Å²) in [6, 6.07) is 1.12. The topological polar surface area (TPSA) is 288 Å². The zero-order chi connectivity index (χ0) is 22.2. The van der Waals surface area contributed by atoms with Crippen molar-refractivity contribution in [2.75, 3.05) is 12.3 Å². The van der Waals surface area contributed by atoms with Gasteiger partial charge in [0.15, 0.2) is 6.23 Å². The van der Waals surface area contributed by atoms with Gasteiger partial charge in [0.2, 0.25) is 7.75 Å². The molecular weight excluding hydrogens is 465 g/mol. The van der Waals surface area contributed by atoms with Gasteiger partial charge in [-0.15, -0.1) is 0 Å². The van der Waals surface area contributed by atoms with Crippen LogP contribution in [0.4, 0.5) is 5.82 Å². The third kappa shape index (κ3) is 7.01. The van der Waals surface area contributed by atoms with Gasteiger partial charge in [0.1, 0.15) is 24.1 Å². The van der Waals surface area contributed by atoms with Crippen molar-refractivity contribution >= 4 is 29.2 Å². The summed E-state index contributed by atoms with van der Waals surface area (Å²) >= 11 is 0. The van der Waals surface area contributed by atoms with E-state index in [0.29, 0.717) is 4.57 Å². The first-order chi connectivity index (χ1) is 13.1. The molecule has 1 aromatic rings. The molecule has 2 rings (SSSR count). The molecule has 6 atom stereocenters. The number of phosphoric acid groups is 2. The molecule has 0 spiro atoms. The molecule has 0 aromatic carbocycles. The van der Waals surface area contributed by atoms with Gasteiger partial charge in [-0.25, -0.2) is 4.79 Å². The minimum Gasteiger partial charge on any atom is -0.790 e. The van der Waals surface area contributed by atoms with Gasteiger partial charge < -0.3 is 48.8 Å². The van der Waals surface area contributed by atoms with Crippen LogP contribution < -0.4 is 36.5 Å². The monoisotopic (exact) mass is 478 g/mol. The van der Waals surface area contributed by atoms with Crippen LogP contribution in [0.15, 0.2) is 17.1 Å². The Morgan fingerprint density at radius 1 is 1.28 bits per heavy atom. The molecule has 0 radical (unpaired) electrons. The normalized spacial score (nSPS) is 29.3. The van der Waals surface area contributed by atoms with Gasteiger partial charge >= 0.3 is 5.69 Å². The van der Waals surface area contributed by atoms with Gasteiger partial charge in [-0.1, -0.05) is 0 Å². The highest BCUT2D eigenvalue weighted by atomic mass is 31.3. The molecule has 5 N–H and O–H groups in total. The van der Waals surface area contributed by atoms with Crippen molar-refractivity contribution in [1.82, 2.24) is 9.55 Å². The van der Waals surface area contributed by atoms with Crippen molar-refractivity contribution in [3.63, 3.8) is 0 Å². The van der Waals surface area contributed by atoms with E-state index in [0.717, 1.165) is 12.3 Å². The lowest BCUT2D eigenvalue weighted by Crippen LogP contribution is -2.39. The molecule has 1 fully saturated rings. The maximum atomic E-state index is 11.9. The molecule has 17 nitrogen and oxygen atoms in total. The van der Waals surface area contributed by atoms with E-state index in [-0.39, 0.29) is 5.82 Å². The fraction of sp³-hybridized carbons (Fsp3) is 0.556. The third-order valence-corrected chi connectivity index (χ3v) is 5.97. The molecule has 29 heavy (non-hydrogen) atoms. The first kappa shape index (κ1) is 24.2. The van der Waals surface area contributed by atoms with Crippen LogP contribution in [-0.4, -0.2) is 39.6 Å². The Balaban J connectivity index is 2.26. The number of aliphatic hydroxyl groups excluding tert-OH is 1. The van der Waals surface area contributed by atoms with Crippen molar-refractivity contribution in [2.45, 2.75) is 24.5 Å². The molecule has 2 unspecified atom stereocenters. The number of nitrogens with two attached hydrogens (primary N) is 2. The van der Waals surface area contributed by atoms with Crippen molar-refractivity contribution in [1.29, 1.82) is 0 Å². The highest BCUT2D eigenvalue weighted by Gasteiger charge is 2.47. The fourth-order valence-corrected chi connectivity index (χ4v) is 4.50. The molecule has 1 aromatic heterocycles. The Bertz CT molecular complexity index is 942. The molecule has 0 amide bonds. The average Bonchev–Trinajstić information content (AvgIpc) is 2.78. The quantitative estimate of drug-likeness (QED) is 0.295. The highest BCUT2D eigenvalue weighted by Crippen LogP contribution is 2.51. The Kier molecular flexibility index (Phi) is 7.20. The van der Waals surface area contributed by atoms with Crippen molar-refractivity contribution in [3.05, 3.63) is 22.7 Å². The van der Waals surface area contributed by atoms with Crippen LogP contribution >= 0.6 is 23.4 Å². The number of hydrogen-bond donors (Lipinski definition) is 3. The van der Waals surface area contributed by atoms with Gasteiger partial charge in [0.05, 0.1) is 14.4 Å². The van der Waals surface area contributed by atoms with E-state index in [2.05, 4.69) is 23.8 Å². The molecule has 0 saturated carbocycles. The van der Waals surface area contributed by atoms with E-state index >= 15 is 0 Å². The number of aromatic nitrogens is 2. The predicted octanol–water partition coefficient (Wildman–Crippen LogP) is -4.77. The third-order valence-electron chi connectivity index (χ3n) is 3.30. The van der Waals surface area contributed by atoms with Gasteiger partial charge in [-0.3, -0.25) is 23.5 Å². The molecule has 2 heterocycles. The number of nitrogens with zero attached hydrogens (tertiary/aromatic N) is 2. The maximum Gasteiger partial charge on any atom is 0.351 e. The van der Waals surface area contributed by atoms with Gasteiger partial charge in [-0.2, -0.15) is 4.98 Å². The summed E-state index contributed by atoms with van der Waals surface area (Å²) in [5, 5.41) is 10.2. The first-order valence-electron chi connectivity index (χ1n) is 7.23.